The number of ether oxygens (including phenoxy) is 2. The number of rotatable bonds is 9. The smallest absolute Gasteiger partial charge is 0.408 e. The molecule has 0 aromatic heterocycles. The highest BCUT2D eigenvalue weighted by molar-refractivity contribution is 8.00. The van der Waals surface area contributed by atoms with Crippen molar-refractivity contribution in [2.75, 3.05) is 23.8 Å². The monoisotopic (exact) mass is 598 g/mol. The van der Waals surface area contributed by atoms with Crippen molar-refractivity contribution < 1.29 is 47.0 Å². The van der Waals surface area contributed by atoms with Crippen LogP contribution in [-0.4, -0.2) is 84.4 Å². The first-order valence-corrected chi connectivity index (χ1v) is 14.8. The largest absolute Gasteiger partial charge is 0.477 e. The lowest BCUT2D eigenvalue weighted by atomic mass is 10.00. The van der Waals surface area contributed by atoms with Gasteiger partial charge in [-0.25, -0.2) is 18.0 Å². The van der Waals surface area contributed by atoms with Crippen LogP contribution in [0.5, 0.6) is 0 Å². The van der Waals surface area contributed by atoms with E-state index in [-0.39, 0.29) is 34.7 Å². The number of carboxylic acid groups (broad SMARTS) is 1. The van der Waals surface area contributed by atoms with Crippen LogP contribution in [0, 0.1) is 0 Å². The number of carbonyl (C=O) groups is 5. The number of anilines is 1. The maximum atomic E-state index is 13.4. The summed E-state index contributed by atoms with van der Waals surface area (Å²) in [6, 6.07) is 3.20. The van der Waals surface area contributed by atoms with Gasteiger partial charge in [-0.1, -0.05) is 12.1 Å². The quantitative estimate of drug-likeness (QED) is 0.233. The van der Waals surface area contributed by atoms with Crippen LogP contribution in [0.15, 0.2) is 35.5 Å². The Morgan fingerprint density at radius 3 is 2.48 bits per heavy atom. The third kappa shape index (κ3) is 7.44. The molecule has 0 spiro atoms. The van der Waals surface area contributed by atoms with E-state index in [0.29, 0.717) is 0 Å². The van der Waals surface area contributed by atoms with Crippen molar-refractivity contribution >= 4 is 57.3 Å². The fourth-order valence-corrected chi connectivity index (χ4v) is 5.92. The molecule has 1 fully saturated rings. The Hall–Kier alpha value is -3.79. The van der Waals surface area contributed by atoms with Crippen LogP contribution in [0.4, 0.5) is 10.5 Å². The van der Waals surface area contributed by atoms with Gasteiger partial charge in [0.05, 0.1) is 19.8 Å². The lowest BCUT2D eigenvalue weighted by Crippen LogP contribution is -2.71. The first-order chi connectivity index (χ1) is 18.5. The van der Waals surface area contributed by atoms with Crippen molar-refractivity contribution in [2.45, 2.75) is 50.3 Å². The molecule has 14 nitrogen and oxygen atoms in total. The highest BCUT2D eigenvalue weighted by Gasteiger charge is 2.54. The molecule has 1 saturated heterocycles. The molecule has 2 heterocycles. The molecule has 1 aromatic rings. The summed E-state index contributed by atoms with van der Waals surface area (Å²) in [5.74, 6) is -3.48. The van der Waals surface area contributed by atoms with Crippen molar-refractivity contribution in [3.63, 3.8) is 0 Å². The van der Waals surface area contributed by atoms with Crippen LogP contribution in [0.25, 0.3) is 0 Å². The van der Waals surface area contributed by atoms with E-state index in [4.69, 9.17) is 4.74 Å². The number of carbonyl (C=O) groups excluding carboxylic acids is 4. The van der Waals surface area contributed by atoms with Gasteiger partial charge in [0.1, 0.15) is 28.8 Å². The first-order valence-electron chi connectivity index (χ1n) is 11.8. The molecule has 0 saturated carbocycles. The van der Waals surface area contributed by atoms with Gasteiger partial charge in [-0.3, -0.25) is 24.0 Å². The summed E-state index contributed by atoms with van der Waals surface area (Å²) in [5.41, 5.74) is -0.712. The molecule has 0 bridgehead atoms. The van der Waals surface area contributed by atoms with E-state index < -0.39 is 62.9 Å². The van der Waals surface area contributed by atoms with Gasteiger partial charge in [0, 0.05) is 11.4 Å². The van der Waals surface area contributed by atoms with Crippen molar-refractivity contribution in [1.29, 1.82) is 0 Å². The number of thioether (sulfide) groups is 1. The number of hydrogen-bond donors (Lipinski definition) is 4. The van der Waals surface area contributed by atoms with E-state index in [2.05, 4.69) is 20.1 Å². The number of benzene rings is 1. The number of β-lactam (4-membered cyclic amide) rings is 1. The maximum Gasteiger partial charge on any atom is 0.408 e. The molecular formula is C24H30N4O10S2. The molecule has 218 valence electrons. The van der Waals surface area contributed by atoms with Gasteiger partial charge in [-0.05, 0) is 44.0 Å². The number of methoxy groups -OCH3 is 1. The Bertz CT molecular complexity index is 1370. The molecule has 3 rings (SSSR count). The van der Waals surface area contributed by atoms with Crippen LogP contribution in [0.1, 0.15) is 38.8 Å². The fourth-order valence-electron chi connectivity index (χ4n) is 4.02. The molecule has 1 unspecified atom stereocenters. The number of amides is 3. The second kappa shape index (κ2) is 11.8. The lowest BCUT2D eigenvalue weighted by molar-refractivity contribution is -0.151. The molecule has 3 atom stereocenters. The number of aliphatic carboxylic acids is 1. The Morgan fingerprint density at radius 2 is 1.90 bits per heavy atom. The lowest BCUT2D eigenvalue weighted by Gasteiger charge is -2.49. The van der Waals surface area contributed by atoms with E-state index in [1.165, 1.54) is 24.3 Å². The number of nitrogens with zero attached hydrogens (tertiary/aromatic N) is 1. The fraction of sp³-hybridized carbons (Fsp3) is 0.458. The summed E-state index contributed by atoms with van der Waals surface area (Å²) in [7, 11) is -2.48. The zero-order valence-electron chi connectivity index (χ0n) is 22.3. The molecule has 3 amide bonds. The number of carboxylic acids is 1. The molecule has 2 aliphatic rings. The van der Waals surface area contributed by atoms with Crippen molar-refractivity contribution in [1.82, 2.24) is 15.5 Å². The summed E-state index contributed by atoms with van der Waals surface area (Å²) in [6.07, 6.45) is -0.292. The average Bonchev–Trinajstić information content (AvgIpc) is 2.83. The van der Waals surface area contributed by atoms with E-state index >= 15 is 0 Å². The molecule has 2 aliphatic heterocycles. The van der Waals surface area contributed by atoms with Gasteiger partial charge < -0.3 is 25.2 Å². The van der Waals surface area contributed by atoms with E-state index in [0.717, 1.165) is 30.0 Å². The molecule has 16 heteroatoms. The number of nitrogens with one attached hydrogen (secondary N) is 3. The molecule has 4 N–H and O–H groups in total. The first kappa shape index (κ1) is 30.7. The van der Waals surface area contributed by atoms with E-state index in [1.54, 1.807) is 20.8 Å². The van der Waals surface area contributed by atoms with Crippen LogP contribution < -0.4 is 15.4 Å². The number of fused-ring (bicyclic) bond motifs is 1. The van der Waals surface area contributed by atoms with Crippen LogP contribution in [-0.2, 0) is 38.7 Å². The summed E-state index contributed by atoms with van der Waals surface area (Å²) < 4.78 is 35.5. The van der Waals surface area contributed by atoms with Gasteiger partial charge in [0.25, 0.3) is 5.91 Å². The molecular weight excluding hydrogens is 568 g/mol. The summed E-state index contributed by atoms with van der Waals surface area (Å²) in [6.45, 7) is 4.88. The standard InChI is InChI=1S/C24H30N4O10S2/c1-24(2,3)38-23(34)26-16(12-7-6-8-14(9-12)27-40(5,35)36)19(30)25-17-20(31)28-18(22(32)33)13(10-15(29)37-4)11-39-21(17)28/h6-9,16-17,21,27H,10-11H2,1-5H3,(H,25,30)(H,26,34)(H,32,33)/t16?,17-,21+/m1/s1. The minimum Gasteiger partial charge on any atom is -0.477 e. The summed E-state index contributed by atoms with van der Waals surface area (Å²) in [4.78, 5) is 63.7. The van der Waals surface area contributed by atoms with E-state index in [9.17, 15) is 37.5 Å². The predicted octanol–water partition coefficient (Wildman–Crippen LogP) is 0.926. The minimum atomic E-state index is -3.64. The zero-order valence-corrected chi connectivity index (χ0v) is 24.0. The molecule has 40 heavy (non-hydrogen) atoms. The minimum absolute atomic E-state index is 0.107. The van der Waals surface area contributed by atoms with Gasteiger partial charge in [-0.15, -0.1) is 11.8 Å². The number of alkyl carbamates (subject to hydrolysis) is 1. The Balaban J connectivity index is 1.87. The third-order valence-corrected chi connectivity index (χ3v) is 7.53. The zero-order chi connectivity index (χ0) is 30.0. The van der Waals surface area contributed by atoms with Crippen molar-refractivity contribution in [3.05, 3.63) is 41.1 Å². The van der Waals surface area contributed by atoms with Crippen molar-refractivity contribution in [2.24, 2.45) is 0 Å². The van der Waals surface area contributed by atoms with E-state index in [1.807, 2.05) is 0 Å². The SMILES string of the molecule is COC(=O)CC1=C(C(=O)O)N2C(=O)[C@@H](NC(=O)C(NC(=O)OC(C)(C)C)c3cccc(NS(C)(=O)=O)c3)[C@@H]2SC1. The second-order valence-electron chi connectivity index (χ2n) is 9.99. The van der Waals surface area contributed by atoms with Crippen LogP contribution in [0.3, 0.4) is 0 Å². The summed E-state index contributed by atoms with van der Waals surface area (Å²) >= 11 is 1.16. The van der Waals surface area contributed by atoms with Crippen LogP contribution in [0.2, 0.25) is 0 Å². The predicted molar refractivity (Wildman–Crippen MR) is 143 cm³/mol. The maximum absolute atomic E-state index is 13.4. The molecule has 0 radical (unpaired) electrons. The second-order valence-corrected chi connectivity index (χ2v) is 12.8. The highest BCUT2D eigenvalue weighted by atomic mass is 32.2. The number of esters is 1. The highest BCUT2D eigenvalue weighted by Crippen LogP contribution is 2.41. The van der Waals surface area contributed by atoms with Gasteiger partial charge >= 0.3 is 18.0 Å². The van der Waals surface area contributed by atoms with Gasteiger partial charge in [0.15, 0.2) is 0 Å². The Morgan fingerprint density at radius 1 is 1.23 bits per heavy atom. The van der Waals surface area contributed by atoms with Gasteiger partial charge in [0.2, 0.25) is 15.9 Å². The van der Waals surface area contributed by atoms with Crippen LogP contribution >= 0.6 is 11.8 Å². The topological polar surface area (TPSA) is 198 Å². The average molecular weight is 599 g/mol. The Kier molecular flexibility index (Phi) is 9.04. The third-order valence-electron chi connectivity index (χ3n) is 5.58. The molecule has 0 aliphatic carbocycles. The van der Waals surface area contributed by atoms with Crippen molar-refractivity contribution in [3.8, 4) is 0 Å². The summed E-state index contributed by atoms with van der Waals surface area (Å²) in [5, 5.41) is 14.0. The Labute approximate surface area is 234 Å². The van der Waals surface area contributed by atoms with Gasteiger partial charge in [-0.2, -0.15) is 0 Å². The number of sulfonamides is 1. The molecule has 1 aromatic carbocycles. The number of hydrogen-bond acceptors (Lipinski definition) is 10. The normalized spacial score (nSPS) is 19.5.